The molecule has 0 saturated heterocycles. The SMILES string of the molecule is Cc1cccnc1COCCc1ccccc1N. The molecule has 2 rings (SSSR count). The van der Waals surface area contributed by atoms with Gasteiger partial charge in [0.2, 0.25) is 0 Å². The van der Waals surface area contributed by atoms with Gasteiger partial charge >= 0.3 is 0 Å². The Morgan fingerprint density at radius 3 is 2.78 bits per heavy atom. The summed E-state index contributed by atoms with van der Waals surface area (Å²) in [6.45, 7) is 3.25. The van der Waals surface area contributed by atoms with Crippen LogP contribution in [0.25, 0.3) is 0 Å². The van der Waals surface area contributed by atoms with E-state index in [0.717, 1.165) is 28.9 Å². The number of hydrogen-bond donors (Lipinski definition) is 1. The van der Waals surface area contributed by atoms with Crippen LogP contribution in [-0.2, 0) is 17.8 Å². The van der Waals surface area contributed by atoms with Gasteiger partial charge in [0.15, 0.2) is 0 Å². The number of nitrogen functional groups attached to an aromatic ring is 1. The quantitative estimate of drug-likeness (QED) is 0.648. The molecular weight excluding hydrogens is 224 g/mol. The van der Waals surface area contributed by atoms with Gasteiger partial charge in [-0.3, -0.25) is 4.98 Å². The Balaban J connectivity index is 1.80. The number of rotatable bonds is 5. The minimum atomic E-state index is 0.555. The second-order valence-corrected chi connectivity index (χ2v) is 4.27. The normalized spacial score (nSPS) is 10.5. The van der Waals surface area contributed by atoms with E-state index in [0.29, 0.717) is 13.2 Å². The Labute approximate surface area is 108 Å². The second kappa shape index (κ2) is 6.17. The van der Waals surface area contributed by atoms with Crippen molar-refractivity contribution in [1.29, 1.82) is 0 Å². The number of aryl methyl sites for hydroxylation is 1. The van der Waals surface area contributed by atoms with Crippen LogP contribution in [0.3, 0.4) is 0 Å². The summed E-state index contributed by atoms with van der Waals surface area (Å²) in [6, 6.07) is 11.9. The molecule has 0 radical (unpaired) electrons. The number of nitrogens with two attached hydrogens (primary N) is 1. The van der Waals surface area contributed by atoms with Crippen LogP contribution < -0.4 is 5.73 Å². The van der Waals surface area contributed by atoms with Crippen molar-refractivity contribution in [2.24, 2.45) is 0 Å². The van der Waals surface area contributed by atoms with E-state index in [2.05, 4.69) is 4.98 Å². The predicted octanol–water partition coefficient (Wildman–Crippen LogP) is 2.73. The van der Waals surface area contributed by atoms with Crippen molar-refractivity contribution in [2.45, 2.75) is 20.0 Å². The molecule has 0 spiro atoms. The van der Waals surface area contributed by atoms with Gasteiger partial charge in [0.05, 0.1) is 18.9 Å². The van der Waals surface area contributed by atoms with Crippen LogP contribution in [0.2, 0.25) is 0 Å². The molecule has 0 unspecified atom stereocenters. The van der Waals surface area contributed by atoms with Gasteiger partial charge in [0.1, 0.15) is 0 Å². The molecule has 0 bridgehead atoms. The third-order valence-corrected chi connectivity index (χ3v) is 2.93. The largest absolute Gasteiger partial charge is 0.399 e. The van der Waals surface area contributed by atoms with Gasteiger partial charge in [0, 0.05) is 11.9 Å². The molecule has 2 N–H and O–H groups in total. The Kier molecular flexibility index (Phi) is 4.31. The fraction of sp³-hybridized carbons (Fsp3) is 0.267. The van der Waals surface area contributed by atoms with E-state index in [9.17, 15) is 0 Å². The van der Waals surface area contributed by atoms with Crippen LogP contribution in [0, 0.1) is 6.92 Å². The first-order valence-electron chi connectivity index (χ1n) is 6.09. The highest BCUT2D eigenvalue weighted by Crippen LogP contribution is 2.11. The van der Waals surface area contributed by atoms with Crippen molar-refractivity contribution in [3.05, 3.63) is 59.4 Å². The van der Waals surface area contributed by atoms with Crippen LogP contribution >= 0.6 is 0 Å². The maximum Gasteiger partial charge on any atom is 0.0890 e. The summed E-state index contributed by atoms with van der Waals surface area (Å²) in [5, 5.41) is 0. The van der Waals surface area contributed by atoms with Crippen LogP contribution in [0.4, 0.5) is 5.69 Å². The maximum absolute atomic E-state index is 5.87. The molecule has 1 aromatic heterocycles. The molecule has 3 heteroatoms. The van der Waals surface area contributed by atoms with Gasteiger partial charge in [0.25, 0.3) is 0 Å². The first-order chi connectivity index (χ1) is 8.77. The summed E-state index contributed by atoms with van der Waals surface area (Å²) in [4.78, 5) is 4.29. The summed E-state index contributed by atoms with van der Waals surface area (Å²) < 4.78 is 5.64. The molecule has 0 aliphatic rings. The number of benzene rings is 1. The van der Waals surface area contributed by atoms with Crippen molar-refractivity contribution in [2.75, 3.05) is 12.3 Å². The molecular formula is C15H18N2O. The molecule has 18 heavy (non-hydrogen) atoms. The highest BCUT2D eigenvalue weighted by Gasteiger charge is 2.00. The number of nitrogens with zero attached hydrogens (tertiary/aromatic N) is 1. The minimum absolute atomic E-state index is 0.555. The molecule has 0 aliphatic carbocycles. The van der Waals surface area contributed by atoms with Gasteiger partial charge in [-0.15, -0.1) is 0 Å². The average Bonchev–Trinajstić information content (AvgIpc) is 2.38. The van der Waals surface area contributed by atoms with E-state index in [1.54, 1.807) is 6.20 Å². The molecule has 3 nitrogen and oxygen atoms in total. The average molecular weight is 242 g/mol. The Hall–Kier alpha value is -1.87. The van der Waals surface area contributed by atoms with E-state index in [1.165, 1.54) is 0 Å². The van der Waals surface area contributed by atoms with Crippen LogP contribution in [-0.4, -0.2) is 11.6 Å². The van der Waals surface area contributed by atoms with Crippen LogP contribution in [0.5, 0.6) is 0 Å². The molecule has 0 fully saturated rings. The number of ether oxygens (including phenoxy) is 1. The van der Waals surface area contributed by atoms with E-state index >= 15 is 0 Å². The van der Waals surface area contributed by atoms with Crippen molar-refractivity contribution in [1.82, 2.24) is 4.98 Å². The van der Waals surface area contributed by atoms with Gasteiger partial charge in [-0.2, -0.15) is 0 Å². The van der Waals surface area contributed by atoms with Gasteiger partial charge in [-0.25, -0.2) is 0 Å². The maximum atomic E-state index is 5.87. The van der Waals surface area contributed by atoms with Gasteiger partial charge in [-0.05, 0) is 36.6 Å². The molecule has 94 valence electrons. The fourth-order valence-corrected chi connectivity index (χ4v) is 1.78. The van der Waals surface area contributed by atoms with E-state index in [4.69, 9.17) is 10.5 Å². The lowest BCUT2D eigenvalue weighted by Gasteiger charge is -2.07. The van der Waals surface area contributed by atoms with Crippen molar-refractivity contribution in [3.8, 4) is 0 Å². The lowest BCUT2D eigenvalue weighted by atomic mass is 10.1. The van der Waals surface area contributed by atoms with Crippen LogP contribution in [0.1, 0.15) is 16.8 Å². The van der Waals surface area contributed by atoms with Crippen molar-refractivity contribution < 1.29 is 4.74 Å². The number of aromatic nitrogens is 1. The van der Waals surface area contributed by atoms with E-state index in [1.807, 2.05) is 43.3 Å². The summed E-state index contributed by atoms with van der Waals surface area (Å²) in [7, 11) is 0. The Morgan fingerprint density at radius 1 is 1.17 bits per heavy atom. The third-order valence-electron chi connectivity index (χ3n) is 2.93. The number of anilines is 1. The zero-order valence-electron chi connectivity index (χ0n) is 10.6. The fourth-order valence-electron chi connectivity index (χ4n) is 1.78. The minimum Gasteiger partial charge on any atom is -0.399 e. The lowest BCUT2D eigenvalue weighted by molar-refractivity contribution is 0.121. The molecule has 0 saturated carbocycles. The summed E-state index contributed by atoms with van der Waals surface area (Å²) in [5.74, 6) is 0. The lowest BCUT2D eigenvalue weighted by Crippen LogP contribution is -2.03. The van der Waals surface area contributed by atoms with Gasteiger partial charge < -0.3 is 10.5 Å². The highest BCUT2D eigenvalue weighted by molar-refractivity contribution is 5.46. The molecule has 1 aromatic carbocycles. The molecule has 0 aliphatic heterocycles. The first-order valence-corrected chi connectivity index (χ1v) is 6.09. The van der Waals surface area contributed by atoms with Gasteiger partial charge in [-0.1, -0.05) is 24.3 Å². The Bertz CT molecular complexity index is 464. The molecule has 2 aromatic rings. The van der Waals surface area contributed by atoms with Crippen molar-refractivity contribution in [3.63, 3.8) is 0 Å². The second-order valence-electron chi connectivity index (χ2n) is 4.27. The van der Waals surface area contributed by atoms with E-state index < -0.39 is 0 Å². The standard InChI is InChI=1S/C15H18N2O/c1-12-5-4-9-17-15(12)11-18-10-8-13-6-2-3-7-14(13)16/h2-7,9H,8,10-11,16H2,1H3. The Morgan fingerprint density at radius 2 is 2.00 bits per heavy atom. The number of para-hydroxylation sites is 1. The molecule has 0 amide bonds. The topological polar surface area (TPSA) is 48.1 Å². The number of pyridine rings is 1. The monoisotopic (exact) mass is 242 g/mol. The zero-order chi connectivity index (χ0) is 12.8. The zero-order valence-corrected chi connectivity index (χ0v) is 10.6. The summed E-state index contributed by atoms with van der Waals surface area (Å²) in [6.07, 6.45) is 2.62. The predicted molar refractivity (Wildman–Crippen MR) is 73.2 cm³/mol. The smallest absolute Gasteiger partial charge is 0.0890 e. The van der Waals surface area contributed by atoms with Crippen molar-refractivity contribution >= 4 is 5.69 Å². The highest BCUT2D eigenvalue weighted by atomic mass is 16.5. The molecule has 1 heterocycles. The number of hydrogen-bond acceptors (Lipinski definition) is 3. The van der Waals surface area contributed by atoms with Crippen LogP contribution in [0.15, 0.2) is 42.6 Å². The first kappa shape index (κ1) is 12.6. The summed E-state index contributed by atoms with van der Waals surface area (Å²) in [5.41, 5.74) is 10.00. The third kappa shape index (κ3) is 3.31. The molecule has 0 atom stereocenters. The van der Waals surface area contributed by atoms with E-state index in [-0.39, 0.29) is 0 Å². The summed E-state index contributed by atoms with van der Waals surface area (Å²) >= 11 is 0.